The molecule has 2 amide bonds. The Bertz CT molecular complexity index is 834. The Morgan fingerprint density at radius 1 is 1.04 bits per heavy atom. The highest BCUT2D eigenvalue weighted by Crippen LogP contribution is 2.14. The molecule has 0 aliphatic heterocycles. The fourth-order valence-corrected chi connectivity index (χ4v) is 2.50. The summed E-state index contributed by atoms with van der Waals surface area (Å²) in [6.45, 7) is -0.0365. The highest BCUT2D eigenvalue weighted by molar-refractivity contribution is 9.10. The molecule has 0 aliphatic rings. The van der Waals surface area contributed by atoms with E-state index in [0.29, 0.717) is 11.1 Å². The fourth-order valence-electron chi connectivity index (χ4n) is 2.08. The van der Waals surface area contributed by atoms with Gasteiger partial charge >= 0.3 is 5.97 Å². The number of halogens is 1. The Hall–Kier alpha value is -2.93. The van der Waals surface area contributed by atoms with Crippen LogP contribution in [-0.2, 0) is 9.59 Å². The van der Waals surface area contributed by atoms with Gasteiger partial charge in [-0.05, 0) is 35.9 Å². The molecule has 0 unspecified atom stereocenters. The molecule has 2 aromatic carbocycles. The van der Waals surface area contributed by atoms with Gasteiger partial charge in [0.15, 0.2) is 0 Å². The molecular formula is C19H17BrN2O4. The van der Waals surface area contributed by atoms with Gasteiger partial charge < -0.3 is 15.7 Å². The van der Waals surface area contributed by atoms with Gasteiger partial charge in [-0.15, -0.1) is 0 Å². The Morgan fingerprint density at radius 3 is 2.42 bits per heavy atom. The molecule has 0 bridgehead atoms. The van der Waals surface area contributed by atoms with E-state index in [9.17, 15) is 14.4 Å². The highest BCUT2D eigenvalue weighted by atomic mass is 79.9. The Balaban J connectivity index is 2.21. The van der Waals surface area contributed by atoms with E-state index in [1.165, 1.54) is 6.08 Å². The van der Waals surface area contributed by atoms with Crippen LogP contribution in [0.4, 0.5) is 0 Å². The Labute approximate surface area is 159 Å². The van der Waals surface area contributed by atoms with Gasteiger partial charge in [-0.25, -0.2) is 0 Å². The summed E-state index contributed by atoms with van der Waals surface area (Å²) in [7, 11) is 0. The molecule has 0 saturated carbocycles. The molecule has 26 heavy (non-hydrogen) atoms. The molecule has 0 fully saturated rings. The minimum Gasteiger partial charge on any atom is -0.481 e. The average molecular weight is 417 g/mol. The minimum atomic E-state index is -1.02. The number of carboxylic acids is 1. The summed E-state index contributed by atoms with van der Waals surface area (Å²) < 4.78 is 0.825. The topological polar surface area (TPSA) is 95.5 Å². The molecule has 0 aliphatic carbocycles. The van der Waals surface area contributed by atoms with Crippen LogP contribution in [-0.4, -0.2) is 29.4 Å². The second kappa shape index (κ2) is 9.53. The number of carboxylic acid groups (broad SMARTS) is 1. The number of nitrogens with one attached hydrogen (secondary N) is 2. The van der Waals surface area contributed by atoms with E-state index in [1.807, 2.05) is 6.07 Å². The number of hydrogen-bond donors (Lipinski definition) is 3. The minimum absolute atomic E-state index is 0.0299. The van der Waals surface area contributed by atoms with E-state index in [4.69, 9.17) is 5.11 Å². The molecule has 6 nitrogen and oxygen atoms in total. The maximum atomic E-state index is 12.4. The zero-order chi connectivity index (χ0) is 18.9. The van der Waals surface area contributed by atoms with E-state index >= 15 is 0 Å². The molecule has 0 heterocycles. The number of hydrogen-bond acceptors (Lipinski definition) is 3. The van der Waals surface area contributed by atoms with Crippen LogP contribution >= 0.6 is 15.9 Å². The third-order valence-electron chi connectivity index (χ3n) is 3.31. The van der Waals surface area contributed by atoms with Gasteiger partial charge in [0.25, 0.3) is 11.8 Å². The number of carbonyl (C=O) groups excluding carboxylic acids is 2. The lowest BCUT2D eigenvalue weighted by atomic mass is 10.1. The van der Waals surface area contributed by atoms with Crippen LogP contribution in [0.3, 0.4) is 0 Å². The van der Waals surface area contributed by atoms with Crippen molar-refractivity contribution in [1.82, 2.24) is 10.6 Å². The van der Waals surface area contributed by atoms with Crippen molar-refractivity contribution in [2.45, 2.75) is 6.42 Å². The van der Waals surface area contributed by atoms with Crippen LogP contribution < -0.4 is 10.6 Å². The third kappa shape index (κ3) is 6.18. The molecule has 2 aromatic rings. The first-order valence-corrected chi connectivity index (χ1v) is 8.58. The van der Waals surface area contributed by atoms with Gasteiger partial charge in [0.2, 0.25) is 0 Å². The van der Waals surface area contributed by atoms with E-state index < -0.39 is 17.8 Å². The number of benzene rings is 2. The van der Waals surface area contributed by atoms with Crippen LogP contribution in [0.2, 0.25) is 0 Å². The summed E-state index contributed by atoms with van der Waals surface area (Å²) in [4.78, 5) is 35.3. The maximum Gasteiger partial charge on any atom is 0.305 e. The standard InChI is InChI=1S/C19H17BrN2O4/c20-15-8-4-5-13(11-15)12-16(19(26)21-10-9-17(23)24)22-18(25)14-6-2-1-3-7-14/h1-8,11-12H,9-10H2,(H,21,26)(H,22,25)(H,23,24). The average Bonchev–Trinajstić information content (AvgIpc) is 2.61. The lowest BCUT2D eigenvalue weighted by Gasteiger charge is -2.11. The van der Waals surface area contributed by atoms with Crippen molar-refractivity contribution < 1.29 is 19.5 Å². The van der Waals surface area contributed by atoms with Crippen molar-refractivity contribution in [2.24, 2.45) is 0 Å². The first kappa shape index (κ1) is 19.4. The summed E-state index contributed by atoms with van der Waals surface area (Å²) in [5, 5.41) is 13.8. The highest BCUT2D eigenvalue weighted by Gasteiger charge is 2.14. The molecule has 0 radical (unpaired) electrons. The van der Waals surface area contributed by atoms with E-state index in [0.717, 1.165) is 4.47 Å². The molecular weight excluding hydrogens is 400 g/mol. The maximum absolute atomic E-state index is 12.4. The van der Waals surface area contributed by atoms with Gasteiger partial charge in [-0.3, -0.25) is 14.4 Å². The zero-order valence-electron chi connectivity index (χ0n) is 13.7. The van der Waals surface area contributed by atoms with Gasteiger partial charge in [-0.1, -0.05) is 46.3 Å². The molecule has 3 N–H and O–H groups in total. The van der Waals surface area contributed by atoms with E-state index in [-0.39, 0.29) is 18.7 Å². The summed E-state index contributed by atoms with van der Waals surface area (Å²) in [6, 6.07) is 15.7. The van der Waals surface area contributed by atoms with Gasteiger partial charge in [-0.2, -0.15) is 0 Å². The van der Waals surface area contributed by atoms with Gasteiger partial charge in [0.1, 0.15) is 5.70 Å². The first-order chi connectivity index (χ1) is 12.5. The van der Waals surface area contributed by atoms with Gasteiger partial charge in [0, 0.05) is 16.6 Å². The predicted octanol–water partition coefficient (Wildman–Crippen LogP) is 2.81. The van der Waals surface area contributed by atoms with E-state index in [1.54, 1.807) is 48.5 Å². The molecule has 0 atom stereocenters. The SMILES string of the molecule is O=C(O)CCNC(=O)C(=Cc1cccc(Br)c1)NC(=O)c1ccccc1. The van der Waals surface area contributed by atoms with Crippen molar-refractivity contribution in [3.05, 3.63) is 75.9 Å². The first-order valence-electron chi connectivity index (χ1n) is 7.79. The Kier molecular flexibility index (Phi) is 7.11. The van der Waals surface area contributed by atoms with Crippen LogP contribution in [0.1, 0.15) is 22.3 Å². The van der Waals surface area contributed by atoms with Crippen molar-refractivity contribution in [1.29, 1.82) is 0 Å². The predicted molar refractivity (Wildman–Crippen MR) is 101 cm³/mol. The number of carbonyl (C=O) groups is 3. The van der Waals surface area contributed by atoms with Crippen molar-refractivity contribution >= 4 is 39.8 Å². The lowest BCUT2D eigenvalue weighted by molar-refractivity contribution is -0.136. The van der Waals surface area contributed by atoms with Crippen LogP contribution in [0.5, 0.6) is 0 Å². The summed E-state index contributed by atoms with van der Waals surface area (Å²) in [5.74, 6) is -2.01. The zero-order valence-corrected chi connectivity index (χ0v) is 15.3. The smallest absolute Gasteiger partial charge is 0.305 e. The number of amides is 2. The quantitative estimate of drug-likeness (QED) is 0.604. The van der Waals surface area contributed by atoms with Gasteiger partial charge in [0.05, 0.1) is 6.42 Å². The van der Waals surface area contributed by atoms with Crippen molar-refractivity contribution in [3.63, 3.8) is 0 Å². The third-order valence-corrected chi connectivity index (χ3v) is 3.81. The van der Waals surface area contributed by atoms with Crippen molar-refractivity contribution in [3.8, 4) is 0 Å². The molecule has 2 rings (SSSR count). The fraction of sp³-hybridized carbons (Fsp3) is 0.105. The number of aliphatic carboxylic acids is 1. The van der Waals surface area contributed by atoms with Crippen LogP contribution in [0.15, 0.2) is 64.8 Å². The summed E-state index contributed by atoms with van der Waals surface area (Å²) in [5.41, 5.74) is 1.14. The molecule has 0 spiro atoms. The second-order valence-electron chi connectivity index (χ2n) is 5.33. The molecule has 134 valence electrons. The summed E-state index contributed by atoms with van der Waals surface area (Å²) >= 11 is 3.35. The molecule has 0 aromatic heterocycles. The second-order valence-corrected chi connectivity index (χ2v) is 6.25. The molecule has 7 heteroatoms. The van der Waals surface area contributed by atoms with E-state index in [2.05, 4.69) is 26.6 Å². The molecule has 0 saturated heterocycles. The monoisotopic (exact) mass is 416 g/mol. The van der Waals surface area contributed by atoms with Crippen LogP contribution in [0, 0.1) is 0 Å². The normalized spacial score (nSPS) is 10.9. The largest absolute Gasteiger partial charge is 0.481 e. The van der Waals surface area contributed by atoms with Crippen molar-refractivity contribution in [2.75, 3.05) is 6.54 Å². The number of rotatable bonds is 7. The van der Waals surface area contributed by atoms with Crippen LogP contribution in [0.25, 0.3) is 6.08 Å². The summed E-state index contributed by atoms with van der Waals surface area (Å²) in [6.07, 6.45) is 1.32. The Morgan fingerprint density at radius 2 is 1.77 bits per heavy atom. The lowest BCUT2D eigenvalue weighted by Crippen LogP contribution is -2.35.